The van der Waals surface area contributed by atoms with E-state index in [2.05, 4.69) is 20.9 Å². The van der Waals surface area contributed by atoms with Crippen molar-refractivity contribution in [2.45, 2.75) is 31.8 Å². The number of anilines is 1. The van der Waals surface area contributed by atoms with Gasteiger partial charge in [0.25, 0.3) is 11.5 Å². The first-order chi connectivity index (χ1) is 15.3. The van der Waals surface area contributed by atoms with E-state index in [4.69, 9.17) is 9.15 Å². The Morgan fingerprint density at radius 3 is 2.75 bits per heavy atom. The van der Waals surface area contributed by atoms with Gasteiger partial charge in [-0.3, -0.25) is 19.4 Å². The van der Waals surface area contributed by atoms with Gasteiger partial charge in [0, 0.05) is 29.5 Å². The van der Waals surface area contributed by atoms with E-state index in [9.17, 15) is 19.5 Å². The highest BCUT2D eigenvalue weighted by Crippen LogP contribution is 2.40. The predicted octanol–water partition coefficient (Wildman–Crippen LogP) is 2.89. The topological polar surface area (TPSA) is 118 Å². The molecular weight excluding hydrogens is 484 g/mol. The molecule has 10 nitrogen and oxygen atoms in total. The number of hydrogen-bond donors (Lipinski definition) is 1. The van der Waals surface area contributed by atoms with Gasteiger partial charge in [-0.25, -0.2) is 4.79 Å². The van der Waals surface area contributed by atoms with E-state index in [1.165, 1.54) is 7.05 Å². The molecule has 2 amide bonds. The molecular formula is C21H21BrN4O6. The molecule has 168 valence electrons. The summed E-state index contributed by atoms with van der Waals surface area (Å²) in [5, 5.41) is 10.2. The van der Waals surface area contributed by atoms with E-state index in [-0.39, 0.29) is 42.9 Å². The Morgan fingerprint density at radius 1 is 1.31 bits per heavy atom. The maximum absolute atomic E-state index is 13.4. The highest BCUT2D eigenvalue weighted by molar-refractivity contribution is 9.10. The fourth-order valence-corrected chi connectivity index (χ4v) is 4.52. The van der Waals surface area contributed by atoms with Crippen molar-refractivity contribution >= 4 is 55.9 Å². The molecule has 1 aromatic carbocycles. The lowest BCUT2D eigenvalue weighted by Gasteiger charge is -2.33. The number of hydrogen-bond acceptors (Lipinski definition) is 6. The number of carbonyl (C=O) groups is 2. The lowest BCUT2D eigenvalue weighted by molar-refractivity contribution is -0.128. The van der Waals surface area contributed by atoms with Crippen LogP contribution in [0.1, 0.15) is 24.4 Å². The highest BCUT2D eigenvalue weighted by Gasteiger charge is 2.37. The van der Waals surface area contributed by atoms with E-state index in [0.717, 1.165) is 43.6 Å². The van der Waals surface area contributed by atoms with Crippen molar-refractivity contribution in [1.82, 2.24) is 14.5 Å². The Bertz CT molecular complexity index is 1330. The molecule has 2 aliphatic rings. The number of aromatic nitrogens is 2. The van der Waals surface area contributed by atoms with Crippen LogP contribution in [-0.2, 0) is 9.53 Å². The second-order valence-electron chi connectivity index (χ2n) is 8.11. The summed E-state index contributed by atoms with van der Waals surface area (Å²) >= 11 is 3.54. The lowest BCUT2D eigenvalue weighted by Crippen LogP contribution is -2.56. The third-order valence-corrected chi connectivity index (χ3v) is 6.94. The number of rotatable bonds is 3. The van der Waals surface area contributed by atoms with Crippen molar-refractivity contribution in [2.24, 2.45) is 0 Å². The van der Waals surface area contributed by atoms with Gasteiger partial charge in [-0.05, 0) is 37.5 Å². The second-order valence-corrected chi connectivity index (χ2v) is 8.97. The summed E-state index contributed by atoms with van der Waals surface area (Å²) in [6.45, 7) is 2.20. The Kier molecular flexibility index (Phi) is 4.97. The van der Waals surface area contributed by atoms with E-state index in [1.54, 1.807) is 4.57 Å². The van der Waals surface area contributed by atoms with E-state index < -0.39 is 18.0 Å². The highest BCUT2D eigenvalue weighted by atomic mass is 79.9. The molecule has 1 aliphatic heterocycles. The zero-order valence-electron chi connectivity index (χ0n) is 17.5. The summed E-state index contributed by atoms with van der Waals surface area (Å²) in [6, 6.07) is 2.79. The number of aryl methyl sites for hydroxylation is 1. The van der Waals surface area contributed by atoms with Gasteiger partial charge in [-0.2, -0.15) is 4.98 Å². The molecule has 32 heavy (non-hydrogen) atoms. The van der Waals surface area contributed by atoms with Crippen LogP contribution in [0.5, 0.6) is 0 Å². The number of carbonyl (C=O) groups excluding carboxylic acids is 1. The first-order valence-corrected chi connectivity index (χ1v) is 11.1. The minimum Gasteiger partial charge on any atom is -0.465 e. The molecule has 1 aliphatic carbocycles. The normalized spacial score (nSPS) is 19.0. The first kappa shape index (κ1) is 21.0. The van der Waals surface area contributed by atoms with Crippen LogP contribution < -0.4 is 10.5 Å². The lowest BCUT2D eigenvalue weighted by atomic mass is 10.1. The molecule has 1 saturated heterocycles. The predicted molar refractivity (Wildman–Crippen MR) is 119 cm³/mol. The summed E-state index contributed by atoms with van der Waals surface area (Å²) in [4.78, 5) is 44.5. The molecule has 11 heteroatoms. The Hall–Kier alpha value is -2.92. The third kappa shape index (κ3) is 3.18. The average Bonchev–Trinajstić information content (AvgIpc) is 3.52. The van der Waals surface area contributed by atoms with Gasteiger partial charge < -0.3 is 18.8 Å². The molecule has 5 rings (SSSR count). The summed E-state index contributed by atoms with van der Waals surface area (Å²) < 4.78 is 13.9. The molecule has 0 spiro atoms. The molecule has 0 unspecified atom stereocenters. The molecule has 1 atom stereocenters. The minimum atomic E-state index is -1.20. The maximum Gasteiger partial charge on any atom is 0.408 e. The standard InChI is InChI=1S/C21H21BrN4O6/c1-10-13(22)6-5-12-16(10)26(11-3-4-11)19(28)15-17(12)32-20(23-15)24(2)18(27)14-9-31-8-7-25(14)21(29)30/h5-6,11,14H,3-4,7-9H2,1-2H3,(H,29,30)/t14-/m0/s1. The SMILES string of the molecule is Cc1c(Br)ccc2c3oc(N(C)C(=O)[C@@H]4COCCN4C(=O)O)nc3c(=O)n(C3CC3)c12. The molecule has 2 fully saturated rings. The largest absolute Gasteiger partial charge is 0.465 e. The first-order valence-electron chi connectivity index (χ1n) is 10.3. The van der Waals surface area contributed by atoms with Gasteiger partial charge in [-0.15, -0.1) is 0 Å². The van der Waals surface area contributed by atoms with Crippen LogP contribution in [-0.4, -0.2) is 64.4 Å². The molecule has 1 N–H and O–H groups in total. The van der Waals surface area contributed by atoms with Crippen molar-refractivity contribution in [3.8, 4) is 0 Å². The maximum atomic E-state index is 13.4. The van der Waals surface area contributed by atoms with E-state index >= 15 is 0 Å². The van der Waals surface area contributed by atoms with Crippen LogP contribution in [0, 0.1) is 6.92 Å². The van der Waals surface area contributed by atoms with Crippen LogP contribution in [0.2, 0.25) is 0 Å². The van der Waals surface area contributed by atoms with Crippen molar-refractivity contribution in [3.63, 3.8) is 0 Å². The molecule has 0 radical (unpaired) electrons. The van der Waals surface area contributed by atoms with Crippen LogP contribution in [0.25, 0.3) is 22.0 Å². The number of likely N-dealkylation sites (N-methyl/N-ethyl adjacent to an activating group) is 1. The van der Waals surface area contributed by atoms with Gasteiger partial charge in [0.1, 0.15) is 6.04 Å². The summed E-state index contributed by atoms with van der Waals surface area (Å²) in [5.74, 6) is -0.538. The average molecular weight is 505 g/mol. The number of fused-ring (bicyclic) bond motifs is 3. The number of amides is 2. The zero-order valence-corrected chi connectivity index (χ0v) is 19.1. The quantitative estimate of drug-likeness (QED) is 0.582. The van der Waals surface area contributed by atoms with E-state index in [0.29, 0.717) is 5.58 Å². The zero-order chi connectivity index (χ0) is 22.7. The van der Waals surface area contributed by atoms with Crippen molar-refractivity contribution in [2.75, 3.05) is 31.7 Å². The Morgan fingerprint density at radius 2 is 2.06 bits per heavy atom. The number of carboxylic acid groups (broad SMARTS) is 1. The Balaban J connectivity index is 1.63. The minimum absolute atomic E-state index is 0.0552. The fraction of sp³-hybridized carbons (Fsp3) is 0.429. The van der Waals surface area contributed by atoms with Crippen molar-refractivity contribution in [1.29, 1.82) is 0 Å². The number of halogens is 1. The number of morpholine rings is 1. The number of oxazole rings is 1. The second kappa shape index (κ2) is 7.59. The molecule has 1 saturated carbocycles. The van der Waals surface area contributed by atoms with Crippen LogP contribution in [0.3, 0.4) is 0 Å². The van der Waals surface area contributed by atoms with Crippen LogP contribution in [0.4, 0.5) is 10.8 Å². The molecule has 2 aromatic heterocycles. The Labute approximate surface area is 190 Å². The third-order valence-electron chi connectivity index (χ3n) is 6.08. The number of pyridine rings is 1. The molecule has 0 bridgehead atoms. The number of ether oxygens (including phenoxy) is 1. The molecule has 3 heterocycles. The smallest absolute Gasteiger partial charge is 0.408 e. The van der Waals surface area contributed by atoms with Crippen molar-refractivity contribution < 1.29 is 23.8 Å². The summed E-state index contributed by atoms with van der Waals surface area (Å²) in [6.07, 6.45) is 0.641. The van der Waals surface area contributed by atoms with Gasteiger partial charge in [0.2, 0.25) is 0 Å². The van der Waals surface area contributed by atoms with E-state index in [1.807, 2.05) is 19.1 Å². The van der Waals surface area contributed by atoms with Crippen molar-refractivity contribution in [3.05, 3.63) is 32.5 Å². The van der Waals surface area contributed by atoms with Gasteiger partial charge in [0.15, 0.2) is 11.1 Å². The number of nitrogens with zero attached hydrogens (tertiary/aromatic N) is 4. The van der Waals surface area contributed by atoms with Gasteiger partial charge in [0.05, 0.1) is 18.7 Å². The van der Waals surface area contributed by atoms with Crippen LogP contribution >= 0.6 is 15.9 Å². The van der Waals surface area contributed by atoms with Gasteiger partial charge >= 0.3 is 12.1 Å². The van der Waals surface area contributed by atoms with Crippen LogP contribution in [0.15, 0.2) is 25.8 Å². The monoisotopic (exact) mass is 504 g/mol. The fourth-order valence-electron chi connectivity index (χ4n) is 4.20. The number of benzene rings is 1. The molecule has 3 aromatic rings. The summed E-state index contributed by atoms with van der Waals surface area (Å²) in [7, 11) is 1.45. The summed E-state index contributed by atoms with van der Waals surface area (Å²) in [5.41, 5.74) is 1.90. The van der Waals surface area contributed by atoms with Gasteiger partial charge in [-0.1, -0.05) is 15.9 Å².